The van der Waals surface area contributed by atoms with E-state index in [4.69, 9.17) is 9.47 Å². The maximum absolute atomic E-state index is 12.3. The summed E-state index contributed by atoms with van der Waals surface area (Å²) >= 11 is 4.52. The molecule has 36 heavy (non-hydrogen) atoms. The average Bonchev–Trinajstić information content (AvgIpc) is 3.23. The third-order valence-electron chi connectivity index (χ3n) is 5.06. The van der Waals surface area contributed by atoms with Gasteiger partial charge in [0.05, 0.1) is 13.3 Å². The van der Waals surface area contributed by atoms with Gasteiger partial charge in [-0.1, -0.05) is 58.0 Å². The SMILES string of the molecule is COc1cc(/C=N\N=C2/NC(=O)[C@H](CC(=O)Nc3ccc(Br)cc3)S2)ccc1OCc1ccccc1. The van der Waals surface area contributed by atoms with E-state index in [9.17, 15) is 9.59 Å². The minimum Gasteiger partial charge on any atom is -0.493 e. The van der Waals surface area contributed by atoms with Crippen LogP contribution in [0, 0.1) is 0 Å². The first kappa shape index (κ1) is 25.5. The van der Waals surface area contributed by atoms with Gasteiger partial charge in [0, 0.05) is 16.6 Å². The number of carbonyl (C=O) groups is 2. The van der Waals surface area contributed by atoms with Crippen molar-refractivity contribution in [2.75, 3.05) is 12.4 Å². The molecule has 184 valence electrons. The molecule has 0 radical (unpaired) electrons. The largest absolute Gasteiger partial charge is 0.493 e. The van der Waals surface area contributed by atoms with Gasteiger partial charge < -0.3 is 20.1 Å². The highest BCUT2D eigenvalue weighted by molar-refractivity contribution is 9.10. The number of carbonyl (C=O) groups excluding carboxylic acids is 2. The third kappa shape index (κ3) is 7.19. The molecule has 1 fully saturated rings. The van der Waals surface area contributed by atoms with Crippen molar-refractivity contribution < 1.29 is 19.1 Å². The van der Waals surface area contributed by atoms with Crippen LogP contribution in [0.25, 0.3) is 0 Å². The second-order valence-electron chi connectivity index (χ2n) is 7.69. The zero-order valence-corrected chi connectivity index (χ0v) is 21.7. The molecular weight excluding hydrogens is 544 g/mol. The number of ether oxygens (including phenoxy) is 2. The van der Waals surface area contributed by atoms with Crippen molar-refractivity contribution in [1.82, 2.24) is 5.32 Å². The smallest absolute Gasteiger partial charge is 0.240 e. The summed E-state index contributed by atoms with van der Waals surface area (Å²) in [6.07, 6.45) is 1.58. The van der Waals surface area contributed by atoms with Crippen LogP contribution in [0.5, 0.6) is 11.5 Å². The molecule has 0 unspecified atom stereocenters. The maximum atomic E-state index is 12.3. The number of halogens is 1. The topological polar surface area (TPSA) is 101 Å². The number of anilines is 1. The van der Waals surface area contributed by atoms with Crippen LogP contribution in [0.2, 0.25) is 0 Å². The molecule has 1 saturated heterocycles. The molecule has 0 aliphatic carbocycles. The van der Waals surface area contributed by atoms with Crippen molar-refractivity contribution in [2.45, 2.75) is 18.3 Å². The van der Waals surface area contributed by atoms with Crippen LogP contribution in [0.4, 0.5) is 5.69 Å². The lowest BCUT2D eigenvalue weighted by molar-refractivity contribution is -0.122. The van der Waals surface area contributed by atoms with Crippen LogP contribution in [-0.2, 0) is 16.2 Å². The Morgan fingerprint density at radius 1 is 1.11 bits per heavy atom. The molecule has 0 spiro atoms. The van der Waals surface area contributed by atoms with Crippen molar-refractivity contribution in [3.8, 4) is 11.5 Å². The summed E-state index contributed by atoms with van der Waals surface area (Å²) in [6.45, 7) is 0.428. The molecule has 4 rings (SSSR count). The highest BCUT2D eigenvalue weighted by atomic mass is 79.9. The van der Waals surface area contributed by atoms with Crippen LogP contribution in [0.1, 0.15) is 17.5 Å². The van der Waals surface area contributed by atoms with Crippen LogP contribution < -0.4 is 20.1 Å². The van der Waals surface area contributed by atoms with Gasteiger partial charge in [-0.2, -0.15) is 5.10 Å². The Kier molecular flexibility index (Phi) is 8.75. The Labute approximate surface area is 221 Å². The number of hydrogen-bond donors (Lipinski definition) is 2. The molecule has 1 aliphatic heterocycles. The van der Waals surface area contributed by atoms with E-state index in [1.807, 2.05) is 54.6 Å². The fourth-order valence-corrected chi connectivity index (χ4v) is 4.46. The number of nitrogens with zero attached hydrogens (tertiary/aromatic N) is 2. The molecule has 2 N–H and O–H groups in total. The fourth-order valence-electron chi connectivity index (χ4n) is 3.27. The van der Waals surface area contributed by atoms with E-state index in [2.05, 4.69) is 36.8 Å². The molecule has 10 heteroatoms. The predicted octanol–water partition coefficient (Wildman–Crippen LogP) is 4.99. The average molecular weight is 567 g/mol. The summed E-state index contributed by atoms with van der Waals surface area (Å²) in [4.78, 5) is 24.6. The fraction of sp³-hybridized carbons (Fsp3) is 0.154. The van der Waals surface area contributed by atoms with E-state index in [1.165, 1.54) is 11.8 Å². The Morgan fingerprint density at radius 2 is 1.89 bits per heavy atom. The highest BCUT2D eigenvalue weighted by Crippen LogP contribution is 2.28. The van der Waals surface area contributed by atoms with E-state index in [1.54, 1.807) is 31.5 Å². The number of amides is 2. The number of thioether (sulfide) groups is 1. The van der Waals surface area contributed by atoms with Gasteiger partial charge in [0.2, 0.25) is 11.8 Å². The van der Waals surface area contributed by atoms with Gasteiger partial charge in [-0.05, 0) is 53.6 Å². The number of amidine groups is 1. The van der Waals surface area contributed by atoms with Gasteiger partial charge in [-0.3, -0.25) is 9.59 Å². The van der Waals surface area contributed by atoms with Crippen molar-refractivity contribution in [3.63, 3.8) is 0 Å². The summed E-state index contributed by atoms with van der Waals surface area (Å²) in [7, 11) is 1.57. The molecule has 0 saturated carbocycles. The van der Waals surface area contributed by atoms with E-state index in [0.717, 1.165) is 15.6 Å². The lowest BCUT2D eigenvalue weighted by Gasteiger charge is -2.11. The second kappa shape index (κ2) is 12.4. The summed E-state index contributed by atoms with van der Waals surface area (Å²) in [5, 5.41) is 13.4. The molecule has 3 aromatic rings. The Bertz CT molecular complexity index is 1280. The van der Waals surface area contributed by atoms with Crippen molar-refractivity contribution in [3.05, 3.63) is 88.4 Å². The van der Waals surface area contributed by atoms with E-state index in [0.29, 0.717) is 29.0 Å². The van der Waals surface area contributed by atoms with Crippen molar-refractivity contribution >= 4 is 56.6 Å². The van der Waals surface area contributed by atoms with Gasteiger partial charge >= 0.3 is 0 Å². The Morgan fingerprint density at radius 3 is 2.64 bits per heavy atom. The van der Waals surface area contributed by atoms with Gasteiger partial charge in [0.25, 0.3) is 0 Å². The molecule has 2 amide bonds. The van der Waals surface area contributed by atoms with E-state index >= 15 is 0 Å². The van der Waals surface area contributed by atoms with E-state index in [-0.39, 0.29) is 18.2 Å². The molecule has 0 aromatic heterocycles. The Balaban J connectivity index is 1.31. The zero-order chi connectivity index (χ0) is 25.3. The standard InChI is InChI=1S/C26H23BrN4O4S/c1-34-22-13-18(7-12-21(22)35-16-17-5-3-2-4-6-17)15-28-31-26-30-25(33)23(36-26)14-24(32)29-20-10-8-19(27)9-11-20/h2-13,15,23H,14,16H2,1H3,(H,29,32)(H,30,31,33)/b28-15-/t23-/m0/s1. The molecule has 1 heterocycles. The highest BCUT2D eigenvalue weighted by Gasteiger charge is 2.32. The lowest BCUT2D eigenvalue weighted by atomic mass is 10.2. The first-order valence-corrected chi connectivity index (χ1v) is 12.7. The van der Waals surface area contributed by atoms with Gasteiger partial charge in [0.15, 0.2) is 16.7 Å². The van der Waals surface area contributed by atoms with Gasteiger partial charge in [-0.25, -0.2) is 0 Å². The predicted molar refractivity (Wildman–Crippen MR) is 146 cm³/mol. The number of benzene rings is 3. The quantitative estimate of drug-likeness (QED) is 0.281. The summed E-state index contributed by atoms with van der Waals surface area (Å²) in [5.41, 5.74) is 2.47. The van der Waals surface area contributed by atoms with Crippen LogP contribution in [0.3, 0.4) is 0 Å². The van der Waals surface area contributed by atoms with Crippen molar-refractivity contribution in [2.24, 2.45) is 10.2 Å². The van der Waals surface area contributed by atoms with Gasteiger partial charge in [-0.15, -0.1) is 5.10 Å². The minimum absolute atomic E-state index is 0.0247. The number of hydrogen-bond acceptors (Lipinski definition) is 7. The summed E-state index contributed by atoms with van der Waals surface area (Å²) in [6, 6.07) is 22.5. The third-order valence-corrected chi connectivity index (χ3v) is 6.66. The molecule has 3 aromatic carbocycles. The van der Waals surface area contributed by atoms with Crippen LogP contribution in [0.15, 0.2) is 87.5 Å². The Hall–Kier alpha value is -3.63. The monoisotopic (exact) mass is 566 g/mol. The van der Waals surface area contributed by atoms with E-state index < -0.39 is 5.25 Å². The first-order valence-electron chi connectivity index (χ1n) is 11.0. The number of nitrogens with one attached hydrogen (secondary N) is 2. The maximum Gasteiger partial charge on any atom is 0.240 e. The normalized spacial score (nSPS) is 16.2. The summed E-state index contributed by atoms with van der Waals surface area (Å²) in [5.74, 6) is 0.661. The molecule has 8 nitrogen and oxygen atoms in total. The first-order chi connectivity index (χ1) is 17.5. The minimum atomic E-state index is -0.574. The van der Waals surface area contributed by atoms with Crippen LogP contribution >= 0.6 is 27.7 Å². The van der Waals surface area contributed by atoms with Crippen molar-refractivity contribution in [1.29, 1.82) is 0 Å². The summed E-state index contributed by atoms with van der Waals surface area (Å²) < 4.78 is 12.2. The number of methoxy groups -OCH3 is 1. The molecular formula is C26H23BrN4O4S. The van der Waals surface area contributed by atoms with Crippen LogP contribution in [-0.4, -0.2) is 35.6 Å². The molecule has 1 atom stereocenters. The second-order valence-corrected chi connectivity index (χ2v) is 9.80. The molecule has 0 bridgehead atoms. The lowest BCUT2D eigenvalue weighted by Crippen LogP contribution is -2.28. The zero-order valence-electron chi connectivity index (χ0n) is 19.3. The molecule has 1 aliphatic rings. The number of rotatable bonds is 9. The van der Waals surface area contributed by atoms with Gasteiger partial charge in [0.1, 0.15) is 11.9 Å².